The molecule has 0 aromatic heterocycles. The Labute approximate surface area is 161 Å². The van der Waals surface area contributed by atoms with Gasteiger partial charge in [0.25, 0.3) is 0 Å². The van der Waals surface area contributed by atoms with Gasteiger partial charge in [0.05, 0.1) is 11.9 Å². The molecule has 2 fully saturated rings. The van der Waals surface area contributed by atoms with Crippen LogP contribution in [0.5, 0.6) is 0 Å². The Balaban J connectivity index is 2.06. The van der Waals surface area contributed by atoms with E-state index in [0.717, 1.165) is 25.7 Å². The molecule has 10 heteroatoms. The van der Waals surface area contributed by atoms with E-state index in [2.05, 4.69) is 0 Å². The van der Waals surface area contributed by atoms with Crippen molar-refractivity contribution in [3.05, 3.63) is 0 Å². The van der Waals surface area contributed by atoms with E-state index >= 15 is 0 Å². The van der Waals surface area contributed by atoms with E-state index in [9.17, 15) is 0 Å². The first-order chi connectivity index (χ1) is 10.2. The van der Waals surface area contributed by atoms with Gasteiger partial charge in [0, 0.05) is 0 Å². The minimum absolute atomic E-state index is 0.488. The van der Waals surface area contributed by atoms with E-state index in [1.807, 2.05) is 0 Å². The summed E-state index contributed by atoms with van der Waals surface area (Å²) in [5.74, 6) is 0. The molecule has 0 N–H and O–H groups in total. The van der Waals surface area contributed by atoms with Crippen molar-refractivity contribution in [1.29, 1.82) is 0 Å². The Kier molecular flexibility index (Phi) is 7.49. The molecule has 0 aliphatic heterocycles. The lowest BCUT2D eigenvalue weighted by Crippen LogP contribution is -2.39. The second-order valence-electron chi connectivity index (χ2n) is 5.72. The largest absolute Gasteiger partial charge is 0.344 e. The fourth-order valence-electron chi connectivity index (χ4n) is 2.75. The first-order valence-electron chi connectivity index (χ1n) is 7.21. The lowest BCUT2D eigenvalue weighted by Gasteiger charge is -2.39. The molecule has 2 rings (SSSR count). The molecule has 0 amide bonds. The van der Waals surface area contributed by atoms with Gasteiger partial charge in [-0.15, -0.1) is 0 Å². The van der Waals surface area contributed by atoms with Crippen LogP contribution in [-0.4, -0.2) is 20.9 Å². The van der Waals surface area contributed by atoms with Gasteiger partial charge in [-0.1, -0.05) is 72.1 Å². The highest BCUT2D eigenvalue weighted by molar-refractivity contribution is 8.07. The van der Waals surface area contributed by atoms with Gasteiger partial charge in [0.15, 0.2) is 0 Å². The van der Waals surface area contributed by atoms with E-state index in [0.29, 0.717) is 25.7 Å². The van der Waals surface area contributed by atoms with Gasteiger partial charge in [-0.25, -0.2) is 0 Å². The molecule has 2 unspecified atom stereocenters. The van der Waals surface area contributed by atoms with Gasteiger partial charge in [-0.05, 0) is 37.5 Å². The average Bonchev–Trinajstić information content (AvgIpc) is 2.43. The lowest BCUT2D eigenvalue weighted by atomic mass is 9.97. The molecule has 0 spiro atoms. The fraction of sp³-hybridized carbons (Fsp3) is 1.00. The van der Waals surface area contributed by atoms with Crippen LogP contribution in [0.2, 0.25) is 0 Å². The molecule has 0 aromatic rings. The van der Waals surface area contributed by atoms with Crippen LogP contribution in [0, 0.1) is 0 Å². The Morgan fingerprint density at radius 3 is 1.55 bits per heavy atom. The fourth-order valence-corrected chi connectivity index (χ4v) is 6.28. The predicted molar refractivity (Wildman–Crippen MR) is 96.8 cm³/mol. The number of halogens is 5. The zero-order valence-corrected chi connectivity index (χ0v) is 17.3. The summed E-state index contributed by atoms with van der Waals surface area (Å²) in [6.45, 7) is -3.24. The van der Waals surface area contributed by atoms with Crippen molar-refractivity contribution in [2.75, 3.05) is 0 Å². The lowest BCUT2D eigenvalue weighted by molar-refractivity contribution is 0.0710. The molecule has 0 radical (unpaired) electrons. The summed E-state index contributed by atoms with van der Waals surface area (Å²) in [6, 6.07) is 0. The van der Waals surface area contributed by atoms with E-state index in [1.54, 1.807) is 0 Å². The molecule has 0 saturated heterocycles. The third kappa shape index (κ3) is 5.24. The SMILES string of the molecule is S=P(OCl)(OC1CCCCC1(Cl)Cl)OC1CCCCC1(Cl)Cl. The van der Waals surface area contributed by atoms with Gasteiger partial charge in [-0.2, -0.15) is 4.08 Å². The van der Waals surface area contributed by atoms with Crippen LogP contribution in [0.15, 0.2) is 0 Å². The van der Waals surface area contributed by atoms with Crippen molar-refractivity contribution < 1.29 is 13.1 Å². The molecular formula is C12H18Cl5O3PS. The molecule has 0 bridgehead atoms. The highest BCUT2D eigenvalue weighted by Gasteiger charge is 2.46. The average molecular weight is 451 g/mol. The van der Waals surface area contributed by atoms with Crippen LogP contribution in [0.3, 0.4) is 0 Å². The maximum atomic E-state index is 6.31. The third-order valence-corrected chi connectivity index (χ3v) is 8.45. The minimum atomic E-state index is -3.24. The predicted octanol–water partition coefficient (Wildman–Crippen LogP) is 6.65. The van der Waals surface area contributed by atoms with E-state index < -0.39 is 27.6 Å². The maximum Gasteiger partial charge on any atom is 0.344 e. The molecule has 2 saturated carbocycles. The summed E-state index contributed by atoms with van der Waals surface area (Å²) in [5.41, 5.74) is 0. The Morgan fingerprint density at radius 2 is 1.23 bits per heavy atom. The highest BCUT2D eigenvalue weighted by atomic mass is 35.5. The van der Waals surface area contributed by atoms with Crippen LogP contribution in [-0.2, 0) is 24.9 Å². The molecule has 0 aromatic carbocycles. The Bertz CT molecular complexity index is 403. The zero-order valence-electron chi connectivity index (χ0n) is 11.8. The highest BCUT2D eigenvalue weighted by Crippen LogP contribution is 2.59. The first kappa shape index (κ1) is 20.3. The van der Waals surface area contributed by atoms with Crippen LogP contribution in [0.25, 0.3) is 0 Å². The van der Waals surface area contributed by atoms with Crippen molar-refractivity contribution >= 4 is 76.8 Å². The molecular weight excluding hydrogens is 432 g/mol. The quantitative estimate of drug-likeness (QED) is 0.346. The molecule has 2 aliphatic carbocycles. The van der Waals surface area contributed by atoms with Crippen molar-refractivity contribution in [2.24, 2.45) is 0 Å². The van der Waals surface area contributed by atoms with E-state index in [4.69, 9.17) is 83.2 Å². The Morgan fingerprint density at radius 1 is 0.818 bits per heavy atom. The molecule has 2 aliphatic rings. The Hall–Kier alpha value is 1.98. The van der Waals surface area contributed by atoms with Crippen molar-refractivity contribution in [3.8, 4) is 0 Å². The zero-order chi connectivity index (χ0) is 16.4. The van der Waals surface area contributed by atoms with Crippen molar-refractivity contribution in [3.63, 3.8) is 0 Å². The van der Waals surface area contributed by atoms with Gasteiger partial charge >= 0.3 is 6.72 Å². The third-order valence-electron chi connectivity index (χ3n) is 3.99. The summed E-state index contributed by atoms with van der Waals surface area (Å²) in [6.07, 6.45) is 5.38. The molecule has 2 atom stereocenters. The summed E-state index contributed by atoms with van der Waals surface area (Å²) in [4.78, 5) is 0. The summed E-state index contributed by atoms with van der Waals surface area (Å²) >= 11 is 36.1. The number of alkyl halides is 4. The van der Waals surface area contributed by atoms with Crippen LogP contribution >= 0.6 is 65.0 Å². The smallest absolute Gasteiger partial charge is 0.301 e. The van der Waals surface area contributed by atoms with Crippen molar-refractivity contribution in [2.45, 2.75) is 72.2 Å². The molecule has 130 valence electrons. The second-order valence-corrected chi connectivity index (χ2v) is 12.0. The summed E-state index contributed by atoms with van der Waals surface area (Å²) in [5, 5.41) is 0. The molecule has 3 nitrogen and oxygen atoms in total. The van der Waals surface area contributed by atoms with Gasteiger partial charge in [0.2, 0.25) is 0 Å². The number of rotatable bonds is 5. The van der Waals surface area contributed by atoms with Gasteiger partial charge < -0.3 is 9.05 Å². The second kappa shape index (κ2) is 8.12. The van der Waals surface area contributed by atoms with Crippen LogP contribution < -0.4 is 0 Å². The summed E-state index contributed by atoms with van der Waals surface area (Å²) < 4.78 is 14.4. The van der Waals surface area contributed by atoms with Crippen molar-refractivity contribution in [1.82, 2.24) is 0 Å². The summed E-state index contributed by atoms with van der Waals surface area (Å²) in [7, 11) is 0. The monoisotopic (exact) mass is 448 g/mol. The standard InChI is InChI=1S/C12H18Cl5O3PS/c13-11(14)7-3-1-5-9(11)18-21(22,20-17)19-10-6-2-4-8-12(10,15)16/h9-10H,1-8H2. The van der Waals surface area contributed by atoms with E-state index in [-0.39, 0.29) is 0 Å². The van der Waals surface area contributed by atoms with E-state index in [1.165, 1.54) is 0 Å². The molecule has 0 heterocycles. The van der Waals surface area contributed by atoms with Crippen LogP contribution in [0.4, 0.5) is 0 Å². The number of hydrogen-bond acceptors (Lipinski definition) is 4. The van der Waals surface area contributed by atoms with Gasteiger partial charge in [0.1, 0.15) is 20.9 Å². The van der Waals surface area contributed by atoms with Gasteiger partial charge in [-0.3, -0.25) is 0 Å². The normalized spacial score (nSPS) is 34.0. The molecule has 22 heavy (non-hydrogen) atoms. The van der Waals surface area contributed by atoms with Crippen LogP contribution in [0.1, 0.15) is 51.4 Å². The number of hydrogen-bond donors (Lipinski definition) is 0. The first-order valence-corrected chi connectivity index (χ1v) is 11.6. The maximum absolute atomic E-state index is 6.31. The topological polar surface area (TPSA) is 27.7 Å². The minimum Gasteiger partial charge on any atom is -0.301 e.